The van der Waals surface area contributed by atoms with Gasteiger partial charge in [0.2, 0.25) is 5.52 Å². The zero-order valence-corrected chi connectivity index (χ0v) is 28.3. The van der Waals surface area contributed by atoms with E-state index in [-0.39, 0.29) is 36.2 Å². The predicted molar refractivity (Wildman–Crippen MR) is 175 cm³/mol. The first-order valence-corrected chi connectivity index (χ1v) is 18.3. The van der Waals surface area contributed by atoms with Crippen molar-refractivity contribution in [2.75, 3.05) is 25.1 Å². The summed E-state index contributed by atoms with van der Waals surface area (Å²) >= 11 is 0. The standard InChI is InChI=1S/C31H51N4O11P/c1-2-3-4-5-6-7-8-9-10-11-12-13-15-18-28(36)43-23-25(24-44-47(40,41)42)45-29(37)19-16-14-17-22-32-26-20-21-27(35(38)39)31-30(26)33-46-34-31/h20-21,25,32H,2-19,22-24H2,1H3,(H2,40,41,42). The molecule has 2 rings (SSSR count). The second kappa shape index (κ2) is 23.2. The molecule has 1 heterocycles. The number of phosphoric acid groups is 1. The zero-order chi connectivity index (χ0) is 34.3. The molecule has 0 bridgehead atoms. The van der Waals surface area contributed by atoms with E-state index < -0.39 is 37.4 Å². The van der Waals surface area contributed by atoms with E-state index in [0.29, 0.717) is 37.9 Å². The van der Waals surface area contributed by atoms with Crippen LogP contribution in [0.25, 0.3) is 11.0 Å². The molecular weight excluding hydrogens is 635 g/mol. The summed E-state index contributed by atoms with van der Waals surface area (Å²) in [4.78, 5) is 53.2. The van der Waals surface area contributed by atoms with Crippen molar-refractivity contribution in [3.8, 4) is 0 Å². The van der Waals surface area contributed by atoms with Crippen molar-refractivity contribution in [3.63, 3.8) is 0 Å². The van der Waals surface area contributed by atoms with Crippen molar-refractivity contribution in [2.24, 2.45) is 0 Å². The van der Waals surface area contributed by atoms with Gasteiger partial charge in [-0.15, -0.1) is 0 Å². The van der Waals surface area contributed by atoms with E-state index >= 15 is 0 Å². The molecule has 0 saturated carbocycles. The highest BCUT2D eigenvalue weighted by Crippen LogP contribution is 2.36. The molecule has 0 radical (unpaired) electrons. The molecule has 1 unspecified atom stereocenters. The molecule has 0 aliphatic heterocycles. The van der Waals surface area contributed by atoms with Crippen LogP contribution in [0.15, 0.2) is 16.8 Å². The van der Waals surface area contributed by atoms with Gasteiger partial charge in [-0.3, -0.25) is 24.2 Å². The number of carbonyl (C=O) groups is 2. The number of phosphoric ester groups is 1. The molecule has 0 fully saturated rings. The Morgan fingerprint density at radius 2 is 1.40 bits per heavy atom. The Hall–Kier alpha value is -3.13. The first kappa shape index (κ1) is 40.0. The normalized spacial score (nSPS) is 12.2. The summed E-state index contributed by atoms with van der Waals surface area (Å²) in [6.45, 7) is 1.73. The molecule has 0 aliphatic carbocycles. The molecule has 0 aliphatic rings. The van der Waals surface area contributed by atoms with Crippen LogP contribution in [0.1, 0.15) is 122 Å². The summed E-state index contributed by atoms with van der Waals surface area (Å²) in [5.74, 6) is -1.08. The fourth-order valence-corrected chi connectivity index (χ4v) is 5.38. The first-order valence-electron chi connectivity index (χ1n) is 16.8. The van der Waals surface area contributed by atoms with Gasteiger partial charge in [0.15, 0.2) is 11.6 Å². The monoisotopic (exact) mass is 686 g/mol. The van der Waals surface area contributed by atoms with Crippen LogP contribution >= 0.6 is 7.82 Å². The van der Waals surface area contributed by atoms with Crippen LogP contribution in [-0.2, 0) is 28.2 Å². The number of benzene rings is 1. The SMILES string of the molecule is CCCCCCCCCCCCCCCC(=O)OCC(COP(=O)(O)O)OC(=O)CCCCCNc1ccc([N+](=O)[O-])c2nonc12. The summed E-state index contributed by atoms with van der Waals surface area (Å²) in [6, 6.07) is 2.84. The number of hydrogen-bond donors (Lipinski definition) is 3. The highest BCUT2D eigenvalue weighted by atomic mass is 31.2. The predicted octanol–water partition coefficient (Wildman–Crippen LogP) is 7.15. The van der Waals surface area contributed by atoms with E-state index in [4.69, 9.17) is 19.3 Å². The minimum absolute atomic E-state index is 0.0360. The topological polar surface area (TPSA) is 213 Å². The number of nitrogens with zero attached hydrogens (tertiary/aromatic N) is 3. The van der Waals surface area contributed by atoms with Crippen molar-refractivity contribution in [1.82, 2.24) is 10.3 Å². The van der Waals surface area contributed by atoms with Gasteiger partial charge in [0.25, 0.3) is 0 Å². The number of nitro groups is 1. The second-order valence-corrected chi connectivity index (χ2v) is 12.9. The van der Waals surface area contributed by atoms with Crippen molar-refractivity contribution < 1.29 is 47.5 Å². The number of rotatable bonds is 28. The Balaban J connectivity index is 1.59. The van der Waals surface area contributed by atoms with Crippen LogP contribution in [0.3, 0.4) is 0 Å². The lowest BCUT2D eigenvalue weighted by atomic mass is 10.0. The number of ether oxygens (including phenoxy) is 2. The lowest BCUT2D eigenvalue weighted by Crippen LogP contribution is -2.29. The summed E-state index contributed by atoms with van der Waals surface area (Å²) in [5, 5.41) is 21.5. The number of esters is 2. The van der Waals surface area contributed by atoms with E-state index in [1.54, 1.807) is 0 Å². The number of nitrogens with one attached hydrogen (secondary N) is 1. The number of fused-ring (bicyclic) bond motifs is 1. The number of unbranched alkanes of at least 4 members (excludes halogenated alkanes) is 14. The highest BCUT2D eigenvalue weighted by molar-refractivity contribution is 7.46. The third-order valence-electron chi connectivity index (χ3n) is 7.61. The molecule has 1 aromatic carbocycles. The van der Waals surface area contributed by atoms with Crippen LogP contribution in [-0.4, -0.2) is 62.8 Å². The third-order valence-corrected chi connectivity index (χ3v) is 8.09. The van der Waals surface area contributed by atoms with Gasteiger partial charge in [0.1, 0.15) is 6.61 Å². The number of anilines is 1. The number of non-ortho nitro benzene ring substituents is 1. The summed E-state index contributed by atoms with van der Waals surface area (Å²) in [7, 11) is -4.82. The van der Waals surface area contributed by atoms with Gasteiger partial charge in [0.05, 0.1) is 17.2 Å². The average molecular weight is 687 g/mol. The van der Waals surface area contributed by atoms with Gasteiger partial charge < -0.3 is 24.6 Å². The van der Waals surface area contributed by atoms with Gasteiger partial charge in [0, 0.05) is 25.5 Å². The molecule has 3 N–H and O–H groups in total. The van der Waals surface area contributed by atoms with E-state index in [1.807, 2.05) is 0 Å². The molecule has 0 saturated heterocycles. The van der Waals surface area contributed by atoms with Crippen LogP contribution < -0.4 is 5.32 Å². The maximum absolute atomic E-state index is 12.4. The van der Waals surface area contributed by atoms with E-state index in [1.165, 1.54) is 69.9 Å². The lowest BCUT2D eigenvalue weighted by molar-refractivity contribution is -0.383. The highest BCUT2D eigenvalue weighted by Gasteiger charge is 2.23. The molecule has 47 heavy (non-hydrogen) atoms. The Bertz CT molecular complexity index is 1250. The van der Waals surface area contributed by atoms with E-state index in [0.717, 1.165) is 19.3 Å². The number of hydrogen-bond acceptors (Lipinski definition) is 12. The molecule has 266 valence electrons. The Kier molecular flexibility index (Phi) is 19.8. The third kappa shape index (κ3) is 18.1. The zero-order valence-electron chi connectivity index (χ0n) is 27.4. The van der Waals surface area contributed by atoms with Crippen LogP contribution in [0.5, 0.6) is 0 Å². The smallest absolute Gasteiger partial charge is 0.462 e. The molecule has 0 spiro atoms. The Morgan fingerprint density at radius 3 is 2.00 bits per heavy atom. The van der Waals surface area contributed by atoms with Crippen molar-refractivity contribution in [3.05, 3.63) is 22.2 Å². The summed E-state index contributed by atoms with van der Waals surface area (Å²) in [6.07, 6.45) is 16.3. The van der Waals surface area contributed by atoms with Gasteiger partial charge in [-0.2, -0.15) is 0 Å². The molecule has 1 atom stereocenters. The average Bonchev–Trinajstić information content (AvgIpc) is 3.52. The molecular formula is C31H51N4O11P. The minimum atomic E-state index is -4.82. The summed E-state index contributed by atoms with van der Waals surface area (Å²) < 4.78 is 30.8. The first-order chi connectivity index (χ1) is 22.6. The molecule has 16 heteroatoms. The van der Waals surface area contributed by atoms with Crippen molar-refractivity contribution in [1.29, 1.82) is 0 Å². The van der Waals surface area contributed by atoms with Crippen molar-refractivity contribution >= 4 is 42.2 Å². The Labute approximate surface area is 275 Å². The number of aromatic nitrogens is 2. The maximum atomic E-state index is 12.4. The van der Waals surface area contributed by atoms with E-state index in [9.17, 15) is 24.3 Å². The molecule has 2 aromatic rings. The molecule has 1 aromatic heterocycles. The van der Waals surface area contributed by atoms with Crippen LogP contribution in [0.2, 0.25) is 0 Å². The van der Waals surface area contributed by atoms with Gasteiger partial charge >= 0.3 is 25.4 Å². The summed E-state index contributed by atoms with van der Waals surface area (Å²) in [5.41, 5.74) is 0.615. The van der Waals surface area contributed by atoms with Crippen molar-refractivity contribution in [2.45, 2.75) is 129 Å². The van der Waals surface area contributed by atoms with E-state index in [2.05, 4.69) is 31.7 Å². The van der Waals surface area contributed by atoms with Gasteiger partial charge in [-0.05, 0) is 35.6 Å². The lowest BCUT2D eigenvalue weighted by Gasteiger charge is -2.18. The molecule has 0 amide bonds. The fraction of sp³-hybridized carbons (Fsp3) is 0.742. The van der Waals surface area contributed by atoms with Gasteiger partial charge in [-0.25, -0.2) is 9.19 Å². The van der Waals surface area contributed by atoms with Crippen LogP contribution in [0, 0.1) is 10.1 Å². The largest absolute Gasteiger partial charge is 0.469 e. The Morgan fingerprint density at radius 1 is 0.851 bits per heavy atom. The number of nitro benzene ring substituents is 1. The van der Waals surface area contributed by atoms with Crippen LogP contribution in [0.4, 0.5) is 11.4 Å². The fourth-order valence-electron chi connectivity index (χ4n) is 5.02. The minimum Gasteiger partial charge on any atom is -0.462 e. The molecule has 15 nitrogen and oxygen atoms in total. The number of carbonyl (C=O) groups excluding carboxylic acids is 2. The van der Waals surface area contributed by atoms with Gasteiger partial charge in [-0.1, -0.05) is 90.4 Å². The maximum Gasteiger partial charge on any atom is 0.469 e. The quantitative estimate of drug-likeness (QED) is 0.0267. The second-order valence-electron chi connectivity index (χ2n) is 11.7.